The molecule has 0 bridgehead atoms. The fourth-order valence-electron chi connectivity index (χ4n) is 3.56. The summed E-state index contributed by atoms with van der Waals surface area (Å²) in [6.07, 6.45) is -3.29. The van der Waals surface area contributed by atoms with Crippen molar-refractivity contribution >= 4 is 6.08 Å². The van der Waals surface area contributed by atoms with Crippen LogP contribution < -0.4 is 0 Å². The third kappa shape index (κ3) is 4.53. The van der Waals surface area contributed by atoms with E-state index in [1.54, 1.807) is 12.1 Å². The maximum absolute atomic E-state index is 14.5. The molecule has 0 N–H and O–H groups in total. The van der Waals surface area contributed by atoms with E-state index in [0.29, 0.717) is 11.1 Å². The maximum atomic E-state index is 14.5. The largest absolute Gasteiger partial charge is 0.460 e. The first-order chi connectivity index (χ1) is 15.6. The van der Waals surface area contributed by atoms with E-state index >= 15 is 0 Å². The number of benzene rings is 3. The predicted octanol–water partition coefficient (Wildman–Crippen LogP) is 6.92. The molecule has 0 radical (unpaired) electrons. The normalized spacial score (nSPS) is 23.6. The van der Waals surface area contributed by atoms with E-state index in [4.69, 9.17) is 9.47 Å². The first-order valence-electron chi connectivity index (χ1n) is 10.5. The van der Waals surface area contributed by atoms with Gasteiger partial charge >= 0.3 is 12.0 Å². The highest BCUT2D eigenvalue weighted by atomic mass is 19.4. The molecule has 0 saturated carbocycles. The van der Waals surface area contributed by atoms with Crippen molar-refractivity contribution in [1.29, 1.82) is 0 Å². The lowest BCUT2D eigenvalue weighted by Gasteiger charge is -2.30. The number of halogens is 3. The van der Waals surface area contributed by atoms with Crippen LogP contribution in [0.3, 0.4) is 0 Å². The van der Waals surface area contributed by atoms with Gasteiger partial charge in [-0.2, -0.15) is 13.2 Å². The summed E-state index contributed by atoms with van der Waals surface area (Å²) in [5, 5.41) is 0. The molecule has 0 aliphatic carbocycles. The number of rotatable bonds is 2. The Balaban J connectivity index is 1.86. The zero-order chi connectivity index (χ0) is 23.7. The first-order valence-corrected chi connectivity index (χ1v) is 10.5. The molecule has 33 heavy (non-hydrogen) atoms. The minimum absolute atomic E-state index is 0.00728. The van der Waals surface area contributed by atoms with Gasteiger partial charge in [-0.05, 0) is 44.5 Å². The Morgan fingerprint density at radius 3 is 1.97 bits per heavy atom. The number of aryl methyl sites for hydroxylation is 2. The van der Waals surface area contributed by atoms with E-state index in [1.165, 1.54) is 31.2 Å². The van der Waals surface area contributed by atoms with Crippen LogP contribution in [0.2, 0.25) is 0 Å². The molecule has 0 amide bonds. The van der Waals surface area contributed by atoms with E-state index < -0.39 is 17.6 Å². The first kappa shape index (κ1) is 22.7. The van der Waals surface area contributed by atoms with Crippen molar-refractivity contribution in [2.24, 2.45) is 0 Å². The van der Waals surface area contributed by atoms with Gasteiger partial charge < -0.3 is 9.47 Å². The van der Waals surface area contributed by atoms with Crippen LogP contribution in [0.5, 0.6) is 0 Å². The summed E-state index contributed by atoms with van der Waals surface area (Å²) in [5.41, 5.74) is 1.68. The molecular weight excluding hydrogens is 425 g/mol. The van der Waals surface area contributed by atoms with Crippen LogP contribution in [-0.2, 0) is 15.3 Å². The van der Waals surface area contributed by atoms with Crippen molar-refractivity contribution in [2.45, 2.75) is 38.3 Å². The van der Waals surface area contributed by atoms with Crippen LogP contribution in [0.25, 0.3) is 6.08 Å². The lowest BCUT2D eigenvalue weighted by Crippen LogP contribution is -2.45. The van der Waals surface area contributed by atoms with Crippen molar-refractivity contribution in [2.75, 3.05) is 0 Å². The van der Waals surface area contributed by atoms with Crippen LogP contribution in [0, 0.1) is 25.7 Å². The third-order valence-corrected chi connectivity index (χ3v) is 5.47. The second kappa shape index (κ2) is 8.46. The summed E-state index contributed by atoms with van der Waals surface area (Å²) in [7, 11) is 0. The Labute approximate surface area is 191 Å². The van der Waals surface area contributed by atoms with Crippen LogP contribution in [0.1, 0.15) is 34.7 Å². The molecule has 1 aliphatic heterocycles. The summed E-state index contributed by atoms with van der Waals surface area (Å²) in [5.74, 6) is 2.89. The van der Waals surface area contributed by atoms with Gasteiger partial charge in [-0.25, -0.2) is 0 Å². The molecule has 1 fully saturated rings. The predicted molar refractivity (Wildman–Crippen MR) is 122 cm³/mol. The van der Waals surface area contributed by atoms with E-state index in [0.717, 1.165) is 11.1 Å². The van der Waals surface area contributed by atoms with E-state index in [9.17, 15) is 13.2 Å². The van der Waals surface area contributed by atoms with Crippen LogP contribution in [0.15, 0.2) is 84.6 Å². The molecule has 168 valence electrons. The van der Waals surface area contributed by atoms with Crippen molar-refractivity contribution in [3.63, 3.8) is 0 Å². The lowest BCUT2D eigenvalue weighted by molar-refractivity contribution is -0.357. The molecule has 3 aromatic rings. The molecule has 2 nitrogen and oxygen atoms in total. The van der Waals surface area contributed by atoms with Gasteiger partial charge in [0, 0.05) is 11.1 Å². The quantitative estimate of drug-likeness (QED) is 0.396. The Bertz CT molecular complexity index is 1220. The monoisotopic (exact) mass is 448 g/mol. The van der Waals surface area contributed by atoms with E-state index in [1.807, 2.05) is 62.4 Å². The van der Waals surface area contributed by atoms with Gasteiger partial charge in [0.2, 0.25) is 0 Å². The highest BCUT2D eigenvalue weighted by Crippen LogP contribution is 2.54. The summed E-state index contributed by atoms with van der Waals surface area (Å²) in [4.78, 5) is 0. The number of hydrogen-bond donors (Lipinski definition) is 0. The SMILES string of the molecule is Cc1ccc(C#CC2(C)OC(c3ccccc3)(C(F)(F)F)O/C2=C\c2ccc(C)cc2)cc1. The molecule has 2 atom stereocenters. The van der Waals surface area contributed by atoms with Crippen LogP contribution >= 0.6 is 0 Å². The number of ether oxygens (including phenoxy) is 2. The van der Waals surface area contributed by atoms with Gasteiger partial charge in [0.15, 0.2) is 5.60 Å². The van der Waals surface area contributed by atoms with Gasteiger partial charge in [-0.15, -0.1) is 0 Å². The minimum atomic E-state index is -4.84. The zero-order valence-electron chi connectivity index (χ0n) is 18.5. The third-order valence-electron chi connectivity index (χ3n) is 5.47. The number of alkyl halides is 3. The smallest absolute Gasteiger partial charge is 0.450 e. The summed E-state index contributed by atoms with van der Waals surface area (Å²) < 4.78 is 54.9. The fourth-order valence-corrected chi connectivity index (χ4v) is 3.56. The molecule has 0 spiro atoms. The van der Waals surface area contributed by atoms with Crippen LogP contribution in [0.4, 0.5) is 13.2 Å². The molecule has 1 aliphatic rings. The Morgan fingerprint density at radius 2 is 1.39 bits per heavy atom. The molecule has 2 unspecified atom stereocenters. The second-order valence-electron chi connectivity index (χ2n) is 8.25. The average molecular weight is 448 g/mol. The van der Waals surface area contributed by atoms with E-state index in [-0.39, 0.29) is 11.3 Å². The Morgan fingerprint density at radius 1 is 0.818 bits per heavy atom. The van der Waals surface area contributed by atoms with Crippen molar-refractivity contribution in [1.82, 2.24) is 0 Å². The Kier molecular flexibility index (Phi) is 5.82. The standard InChI is InChI=1S/C28H23F3O2/c1-20-9-13-22(14-10-20)17-18-26(3)25(19-23-15-11-21(2)12-16-23)32-27(33-26,28(29,30)31)24-7-5-4-6-8-24/h4-16,19H,1-3H3/b25-19-. The summed E-state index contributed by atoms with van der Waals surface area (Å²) in [6, 6.07) is 22.2. The summed E-state index contributed by atoms with van der Waals surface area (Å²) >= 11 is 0. The topological polar surface area (TPSA) is 18.5 Å². The van der Waals surface area contributed by atoms with Crippen molar-refractivity contribution in [3.8, 4) is 11.8 Å². The minimum Gasteiger partial charge on any atom is -0.450 e. The molecule has 3 aromatic carbocycles. The molecule has 1 heterocycles. The molecule has 4 rings (SSSR count). The molecule has 5 heteroatoms. The second-order valence-corrected chi connectivity index (χ2v) is 8.25. The molecule has 0 aromatic heterocycles. The fraction of sp³-hybridized carbons (Fsp3) is 0.214. The molecular formula is C28H23F3O2. The van der Waals surface area contributed by atoms with Gasteiger partial charge in [-0.3, -0.25) is 0 Å². The lowest BCUT2D eigenvalue weighted by atomic mass is 10.0. The highest BCUT2D eigenvalue weighted by Gasteiger charge is 2.68. The molecule has 1 saturated heterocycles. The van der Waals surface area contributed by atoms with Gasteiger partial charge in [-0.1, -0.05) is 89.7 Å². The van der Waals surface area contributed by atoms with Gasteiger partial charge in [0.05, 0.1) is 0 Å². The Hall–Kier alpha value is -3.49. The van der Waals surface area contributed by atoms with Crippen molar-refractivity contribution < 1.29 is 22.6 Å². The average Bonchev–Trinajstić information content (AvgIpc) is 3.09. The number of hydrogen-bond acceptors (Lipinski definition) is 2. The van der Waals surface area contributed by atoms with Gasteiger partial charge in [0.1, 0.15) is 5.76 Å². The van der Waals surface area contributed by atoms with Gasteiger partial charge in [0.25, 0.3) is 0 Å². The summed E-state index contributed by atoms with van der Waals surface area (Å²) in [6.45, 7) is 5.39. The maximum Gasteiger partial charge on any atom is 0.460 e. The van der Waals surface area contributed by atoms with E-state index in [2.05, 4.69) is 11.8 Å². The highest BCUT2D eigenvalue weighted by molar-refractivity contribution is 5.57. The van der Waals surface area contributed by atoms with Crippen LogP contribution in [-0.4, -0.2) is 11.8 Å². The zero-order valence-corrected chi connectivity index (χ0v) is 18.5. The van der Waals surface area contributed by atoms with Crippen molar-refractivity contribution in [3.05, 3.63) is 112 Å².